The number of benzene rings is 2. The van der Waals surface area contributed by atoms with Gasteiger partial charge in [0.25, 0.3) is 0 Å². The van der Waals surface area contributed by atoms with Crippen molar-refractivity contribution < 1.29 is 29.2 Å². The lowest BCUT2D eigenvalue weighted by Gasteiger charge is -2.42. The SMILES string of the molecule is COc1ccc(OCC(O)CN2CCN(c3ccccc3OCCC(=O)O)CC2C)c(C(C)(C)C)c1. The molecule has 2 N–H and O–H groups in total. The van der Waals surface area contributed by atoms with Gasteiger partial charge in [-0.2, -0.15) is 0 Å². The number of aliphatic carboxylic acids is 1. The molecular weight excluding hydrogens is 460 g/mol. The van der Waals surface area contributed by atoms with Crippen LogP contribution in [0.4, 0.5) is 5.69 Å². The molecule has 3 rings (SSSR count). The molecule has 198 valence electrons. The van der Waals surface area contributed by atoms with E-state index in [1.165, 1.54) is 0 Å². The van der Waals surface area contributed by atoms with Crippen molar-refractivity contribution in [1.82, 2.24) is 4.90 Å². The van der Waals surface area contributed by atoms with Crippen LogP contribution >= 0.6 is 0 Å². The van der Waals surface area contributed by atoms with Crippen molar-refractivity contribution in [1.29, 1.82) is 0 Å². The van der Waals surface area contributed by atoms with Crippen molar-refractivity contribution in [2.45, 2.75) is 51.7 Å². The molecule has 36 heavy (non-hydrogen) atoms. The summed E-state index contributed by atoms with van der Waals surface area (Å²) in [4.78, 5) is 15.4. The topological polar surface area (TPSA) is 91.7 Å². The van der Waals surface area contributed by atoms with Crippen molar-refractivity contribution in [3.05, 3.63) is 48.0 Å². The van der Waals surface area contributed by atoms with Gasteiger partial charge < -0.3 is 29.3 Å². The molecule has 0 radical (unpaired) electrons. The average molecular weight is 501 g/mol. The first-order valence-corrected chi connectivity index (χ1v) is 12.5. The molecule has 0 aliphatic carbocycles. The summed E-state index contributed by atoms with van der Waals surface area (Å²) in [7, 11) is 1.65. The highest BCUT2D eigenvalue weighted by atomic mass is 16.5. The van der Waals surface area contributed by atoms with Crippen molar-refractivity contribution in [3.8, 4) is 17.2 Å². The summed E-state index contributed by atoms with van der Waals surface area (Å²) in [6.07, 6.45) is -0.660. The summed E-state index contributed by atoms with van der Waals surface area (Å²) < 4.78 is 17.2. The smallest absolute Gasteiger partial charge is 0.306 e. The van der Waals surface area contributed by atoms with E-state index in [0.29, 0.717) is 12.3 Å². The average Bonchev–Trinajstić information content (AvgIpc) is 2.83. The molecule has 2 aromatic rings. The fourth-order valence-corrected chi connectivity index (χ4v) is 4.43. The van der Waals surface area contributed by atoms with Gasteiger partial charge in [0.1, 0.15) is 30.0 Å². The van der Waals surface area contributed by atoms with Gasteiger partial charge in [-0.3, -0.25) is 9.69 Å². The maximum atomic E-state index is 10.8. The summed E-state index contributed by atoms with van der Waals surface area (Å²) in [5.41, 5.74) is 1.89. The lowest BCUT2D eigenvalue weighted by molar-refractivity contribution is -0.137. The number of carbonyl (C=O) groups is 1. The Morgan fingerprint density at radius 3 is 2.53 bits per heavy atom. The standard InChI is InChI=1S/C28H40N2O6/c1-20-17-30(24-8-6-7-9-26(24)35-15-12-27(32)33)14-13-29(20)18-21(31)19-36-25-11-10-22(34-5)16-23(25)28(2,3)4/h6-11,16,20-21,31H,12-15,17-19H2,1-5H3,(H,32,33). The van der Waals surface area contributed by atoms with Gasteiger partial charge in [-0.1, -0.05) is 32.9 Å². The van der Waals surface area contributed by atoms with Crippen LogP contribution in [0, 0.1) is 0 Å². The van der Waals surface area contributed by atoms with Gasteiger partial charge in [-0.05, 0) is 42.7 Å². The third-order valence-corrected chi connectivity index (χ3v) is 6.42. The summed E-state index contributed by atoms with van der Waals surface area (Å²) in [6, 6.07) is 13.7. The van der Waals surface area contributed by atoms with Gasteiger partial charge in [0.2, 0.25) is 0 Å². The molecule has 2 aromatic carbocycles. The van der Waals surface area contributed by atoms with Gasteiger partial charge in [0.05, 0.1) is 25.8 Å². The zero-order valence-corrected chi connectivity index (χ0v) is 22.1. The predicted molar refractivity (Wildman–Crippen MR) is 141 cm³/mol. The van der Waals surface area contributed by atoms with Crippen LogP contribution in [-0.2, 0) is 10.2 Å². The fourth-order valence-electron chi connectivity index (χ4n) is 4.43. The number of aliphatic hydroxyl groups is 1. The number of para-hydroxylation sites is 2. The molecule has 8 nitrogen and oxygen atoms in total. The van der Waals surface area contributed by atoms with E-state index in [4.69, 9.17) is 19.3 Å². The second-order valence-corrected chi connectivity index (χ2v) is 10.3. The molecule has 0 bridgehead atoms. The van der Waals surface area contributed by atoms with Crippen LogP contribution in [0.5, 0.6) is 17.2 Å². The van der Waals surface area contributed by atoms with E-state index in [1.54, 1.807) is 7.11 Å². The quantitative estimate of drug-likeness (QED) is 0.482. The third kappa shape index (κ3) is 7.51. The van der Waals surface area contributed by atoms with E-state index >= 15 is 0 Å². The Morgan fingerprint density at radius 2 is 1.86 bits per heavy atom. The molecule has 0 saturated carbocycles. The van der Waals surface area contributed by atoms with Gasteiger partial charge in [0.15, 0.2) is 0 Å². The minimum absolute atomic E-state index is 0.0355. The highest BCUT2D eigenvalue weighted by molar-refractivity contribution is 5.67. The molecule has 1 aliphatic rings. The van der Waals surface area contributed by atoms with Crippen LogP contribution in [0.25, 0.3) is 0 Å². The van der Waals surface area contributed by atoms with Crippen LogP contribution < -0.4 is 19.1 Å². The monoisotopic (exact) mass is 500 g/mol. The van der Waals surface area contributed by atoms with Gasteiger partial charge in [-0.15, -0.1) is 0 Å². The molecule has 0 spiro atoms. The number of carboxylic acids is 1. The summed E-state index contributed by atoms with van der Waals surface area (Å²) in [5, 5.41) is 19.7. The highest BCUT2D eigenvalue weighted by Gasteiger charge is 2.27. The first-order chi connectivity index (χ1) is 17.1. The highest BCUT2D eigenvalue weighted by Crippen LogP contribution is 2.34. The molecule has 8 heteroatoms. The number of hydrogen-bond acceptors (Lipinski definition) is 7. The number of β-amino-alcohol motifs (C(OH)–C–C–N with tert-alkyl or cyclic N) is 1. The number of rotatable bonds is 11. The van der Waals surface area contributed by atoms with Gasteiger partial charge in [-0.25, -0.2) is 0 Å². The minimum Gasteiger partial charge on any atom is -0.497 e. The van der Waals surface area contributed by atoms with E-state index in [2.05, 4.69) is 37.5 Å². The van der Waals surface area contributed by atoms with Crippen LogP contribution in [0.2, 0.25) is 0 Å². The summed E-state index contributed by atoms with van der Waals surface area (Å²) in [5.74, 6) is 1.37. The Labute approximate surface area is 214 Å². The predicted octanol–water partition coefficient (Wildman–Crippen LogP) is 3.80. The molecule has 1 fully saturated rings. The Hall–Kier alpha value is -2.97. The second-order valence-electron chi connectivity index (χ2n) is 10.3. The zero-order valence-electron chi connectivity index (χ0n) is 22.1. The number of hydrogen-bond donors (Lipinski definition) is 2. The van der Waals surface area contributed by atoms with Gasteiger partial charge >= 0.3 is 5.97 Å². The second kappa shape index (κ2) is 12.3. The first-order valence-electron chi connectivity index (χ1n) is 12.5. The van der Waals surface area contributed by atoms with E-state index in [0.717, 1.165) is 42.4 Å². The number of carboxylic acid groups (broad SMARTS) is 1. The largest absolute Gasteiger partial charge is 0.497 e. The first kappa shape index (κ1) is 27.6. The van der Waals surface area contributed by atoms with Crippen LogP contribution in [0.1, 0.15) is 39.7 Å². The lowest BCUT2D eigenvalue weighted by atomic mass is 9.86. The van der Waals surface area contributed by atoms with Crippen LogP contribution in [-0.4, -0.2) is 79.7 Å². The van der Waals surface area contributed by atoms with Crippen LogP contribution in [0.3, 0.4) is 0 Å². The summed E-state index contributed by atoms with van der Waals surface area (Å²) in [6.45, 7) is 11.7. The lowest BCUT2D eigenvalue weighted by Crippen LogP contribution is -2.54. The number of methoxy groups -OCH3 is 1. The minimum atomic E-state index is -0.876. The number of piperazine rings is 1. The number of aliphatic hydroxyl groups excluding tert-OH is 1. The van der Waals surface area contributed by atoms with Gasteiger partial charge in [0, 0.05) is 37.8 Å². The van der Waals surface area contributed by atoms with E-state index in [9.17, 15) is 9.90 Å². The zero-order chi connectivity index (χ0) is 26.3. The molecule has 1 heterocycles. The fraction of sp³-hybridized carbons (Fsp3) is 0.536. The Bertz CT molecular complexity index is 1010. The Morgan fingerprint density at radius 1 is 1.11 bits per heavy atom. The normalized spacial score (nSPS) is 17.5. The van der Waals surface area contributed by atoms with E-state index < -0.39 is 12.1 Å². The van der Waals surface area contributed by atoms with Crippen molar-refractivity contribution >= 4 is 11.7 Å². The van der Waals surface area contributed by atoms with E-state index in [-0.39, 0.29) is 31.1 Å². The van der Waals surface area contributed by atoms with Crippen LogP contribution in [0.15, 0.2) is 42.5 Å². The number of anilines is 1. The maximum Gasteiger partial charge on any atom is 0.306 e. The molecular formula is C28H40N2O6. The van der Waals surface area contributed by atoms with E-state index in [1.807, 2.05) is 42.5 Å². The molecule has 2 unspecified atom stereocenters. The molecule has 0 amide bonds. The molecule has 0 aromatic heterocycles. The Kier molecular flexibility index (Phi) is 9.45. The van der Waals surface area contributed by atoms with Crippen molar-refractivity contribution in [3.63, 3.8) is 0 Å². The Balaban J connectivity index is 1.55. The van der Waals surface area contributed by atoms with Crippen molar-refractivity contribution in [2.24, 2.45) is 0 Å². The third-order valence-electron chi connectivity index (χ3n) is 6.42. The molecule has 1 aliphatic heterocycles. The number of ether oxygens (including phenoxy) is 3. The number of nitrogens with zero attached hydrogens (tertiary/aromatic N) is 2. The maximum absolute atomic E-state index is 10.8. The van der Waals surface area contributed by atoms with Crippen molar-refractivity contribution in [2.75, 3.05) is 51.4 Å². The summed E-state index contributed by atoms with van der Waals surface area (Å²) >= 11 is 0. The molecule has 2 atom stereocenters. The molecule has 1 saturated heterocycles.